The maximum Gasteiger partial charge on any atom is 0.469 e. The predicted molar refractivity (Wildman–Crippen MR) is 262 cm³/mol. The fraction of sp³-hybridized carbons (Fsp3) is 0.981. The van der Waals surface area contributed by atoms with Gasteiger partial charge in [-0.15, -0.1) is 0 Å². The summed E-state index contributed by atoms with van der Waals surface area (Å²) in [6, 6.07) is 0. The second-order valence-electron chi connectivity index (χ2n) is 18.9. The zero-order chi connectivity index (χ0) is 44.4. The molecule has 61 heavy (non-hydrogen) atoms. The Morgan fingerprint density at radius 2 is 0.623 bits per heavy atom. The normalized spacial score (nSPS) is 12.4. The molecule has 0 spiro atoms. The van der Waals surface area contributed by atoms with E-state index in [-0.39, 0.29) is 19.2 Å². The molecular weight excluding hydrogens is 780 g/mol. The monoisotopic (exact) mass is 887 g/mol. The van der Waals surface area contributed by atoms with E-state index in [1.165, 1.54) is 257 Å². The topological polar surface area (TPSA) is 102 Å². The van der Waals surface area contributed by atoms with Crippen LogP contribution < -0.4 is 0 Å². The lowest BCUT2D eigenvalue weighted by molar-refractivity contribution is -0.154. The van der Waals surface area contributed by atoms with Crippen LogP contribution in [-0.4, -0.2) is 41.7 Å². The molecule has 0 aliphatic rings. The highest BCUT2D eigenvalue weighted by Crippen LogP contribution is 2.36. The van der Waals surface area contributed by atoms with Crippen LogP contribution in [0.3, 0.4) is 0 Å². The molecular formula is C53H107O7P. The minimum Gasteiger partial charge on any atom is -0.457 e. The van der Waals surface area contributed by atoms with Gasteiger partial charge in [0.15, 0.2) is 0 Å². The number of rotatable bonds is 53. The van der Waals surface area contributed by atoms with E-state index in [1.807, 2.05) is 0 Å². The molecule has 0 aliphatic heterocycles. The molecule has 0 saturated carbocycles. The Kier molecular flexibility index (Phi) is 50.2. The summed E-state index contributed by atoms with van der Waals surface area (Å²) in [4.78, 5) is 30.8. The zero-order valence-corrected chi connectivity index (χ0v) is 42.0. The highest BCUT2D eigenvalue weighted by Gasteiger charge is 2.21. The first-order valence-corrected chi connectivity index (χ1v) is 28.9. The summed E-state index contributed by atoms with van der Waals surface area (Å²) in [5.74, 6) is -0.352. The van der Waals surface area contributed by atoms with Crippen molar-refractivity contribution in [3.05, 3.63) is 0 Å². The molecule has 366 valence electrons. The minimum absolute atomic E-state index is 0.0871. The third kappa shape index (κ3) is 53.8. The van der Waals surface area contributed by atoms with Crippen molar-refractivity contribution < 1.29 is 33.1 Å². The van der Waals surface area contributed by atoms with Crippen LogP contribution in [0.2, 0.25) is 0 Å². The lowest BCUT2D eigenvalue weighted by atomic mass is 10.0. The molecule has 0 bridgehead atoms. The molecule has 2 N–H and O–H groups in total. The van der Waals surface area contributed by atoms with Crippen molar-refractivity contribution in [1.82, 2.24) is 0 Å². The van der Waals surface area contributed by atoms with E-state index >= 15 is 0 Å². The molecule has 0 aromatic rings. The molecule has 0 aliphatic carbocycles. The van der Waals surface area contributed by atoms with E-state index in [0.717, 1.165) is 32.1 Å². The van der Waals surface area contributed by atoms with Gasteiger partial charge in [0.05, 0.1) is 13.2 Å². The number of esters is 1. The number of unbranched alkanes of at least 4 members (excludes halogenated alkanes) is 43. The van der Waals surface area contributed by atoms with Gasteiger partial charge in [0.1, 0.15) is 6.10 Å². The second kappa shape index (κ2) is 50.5. The van der Waals surface area contributed by atoms with Crippen LogP contribution in [0.15, 0.2) is 0 Å². The Morgan fingerprint density at radius 3 is 0.885 bits per heavy atom. The Hall–Kier alpha value is -0.460. The average Bonchev–Trinajstić information content (AvgIpc) is 3.24. The lowest BCUT2D eigenvalue weighted by Gasteiger charge is -2.18. The molecule has 8 heteroatoms. The second-order valence-corrected chi connectivity index (χ2v) is 20.2. The molecule has 0 unspecified atom stereocenters. The largest absolute Gasteiger partial charge is 0.469 e. The van der Waals surface area contributed by atoms with Crippen LogP contribution in [0.25, 0.3) is 0 Å². The van der Waals surface area contributed by atoms with E-state index in [2.05, 4.69) is 18.4 Å². The summed E-state index contributed by atoms with van der Waals surface area (Å²) in [7, 11) is -4.65. The van der Waals surface area contributed by atoms with Gasteiger partial charge >= 0.3 is 13.8 Å². The molecule has 0 aromatic heterocycles. The number of carbonyl (C=O) groups excluding carboxylic acids is 1. The predicted octanol–water partition coefficient (Wildman–Crippen LogP) is 18.0. The van der Waals surface area contributed by atoms with Gasteiger partial charge in [0, 0.05) is 13.0 Å². The summed E-state index contributed by atoms with van der Waals surface area (Å²) in [5, 5.41) is 0. The highest BCUT2D eigenvalue weighted by atomic mass is 31.2. The summed E-state index contributed by atoms with van der Waals surface area (Å²) in [6.45, 7) is 4.83. The maximum atomic E-state index is 12.5. The van der Waals surface area contributed by atoms with Crippen LogP contribution in [0.1, 0.15) is 309 Å². The number of hydrogen-bond acceptors (Lipinski definition) is 5. The molecule has 0 aromatic carbocycles. The first-order valence-electron chi connectivity index (χ1n) is 27.4. The van der Waals surface area contributed by atoms with Crippen molar-refractivity contribution in [1.29, 1.82) is 0 Å². The fourth-order valence-corrected chi connectivity index (χ4v) is 8.98. The van der Waals surface area contributed by atoms with E-state index in [1.54, 1.807) is 0 Å². The van der Waals surface area contributed by atoms with Gasteiger partial charge in [-0.05, 0) is 12.8 Å². The van der Waals surface area contributed by atoms with Crippen molar-refractivity contribution in [3.8, 4) is 0 Å². The average molecular weight is 887 g/mol. The van der Waals surface area contributed by atoms with Crippen molar-refractivity contribution in [2.24, 2.45) is 0 Å². The van der Waals surface area contributed by atoms with Crippen molar-refractivity contribution in [3.63, 3.8) is 0 Å². The van der Waals surface area contributed by atoms with Gasteiger partial charge in [0.25, 0.3) is 0 Å². The van der Waals surface area contributed by atoms with Crippen LogP contribution in [0.4, 0.5) is 0 Å². The molecule has 0 saturated heterocycles. The maximum absolute atomic E-state index is 12.5. The molecule has 1 atom stereocenters. The van der Waals surface area contributed by atoms with E-state index < -0.39 is 13.9 Å². The molecule has 0 fully saturated rings. The molecule has 7 nitrogen and oxygen atoms in total. The number of hydrogen-bond donors (Lipinski definition) is 2. The number of phosphoric acid groups is 1. The summed E-state index contributed by atoms with van der Waals surface area (Å²) in [5.41, 5.74) is 0. The number of ether oxygens (including phenoxy) is 2. The molecule has 0 heterocycles. The zero-order valence-electron chi connectivity index (χ0n) is 41.1. The number of carbonyl (C=O) groups is 1. The highest BCUT2D eigenvalue weighted by molar-refractivity contribution is 7.46. The molecule has 0 rings (SSSR count). The Morgan fingerprint density at radius 1 is 0.377 bits per heavy atom. The SMILES string of the molecule is CCCCCCCCCCCCCCCCCCCCCCCCCCCCCCCCCC(=O)O[C@H](COCCCCCCCCCCCCCCCC)COP(=O)(O)O. The first-order chi connectivity index (χ1) is 29.9. The summed E-state index contributed by atoms with van der Waals surface area (Å²) >= 11 is 0. The van der Waals surface area contributed by atoms with E-state index in [0.29, 0.717) is 13.0 Å². The van der Waals surface area contributed by atoms with Crippen LogP contribution in [0, 0.1) is 0 Å². The van der Waals surface area contributed by atoms with Gasteiger partial charge in [-0.2, -0.15) is 0 Å². The number of phosphoric ester groups is 1. The van der Waals surface area contributed by atoms with Gasteiger partial charge < -0.3 is 19.3 Å². The molecule has 0 radical (unpaired) electrons. The third-order valence-electron chi connectivity index (χ3n) is 12.7. The minimum atomic E-state index is -4.65. The fourth-order valence-electron chi connectivity index (χ4n) is 8.62. The van der Waals surface area contributed by atoms with Crippen LogP contribution in [-0.2, 0) is 23.4 Å². The van der Waals surface area contributed by atoms with Crippen LogP contribution >= 0.6 is 7.82 Å². The van der Waals surface area contributed by atoms with Crippen molar-refractivity contribution in [2.45, 2.75) is 315 Å². The standard InChI is InChI=1S/C53H107O7P/c1-3-5-7-9-11-13-15-17-19-20-21-22-23-24-25-26-27-28-29-30-31-32-33-34-35-36-38-40-42-44-46-48-53(54)60-52(51-59-61(55,56)57)50-58-49-47-45-43-41-39-37-18-16-14-12-10-8-6-4-2/h52H,3-51H2,1-2H3,(H2,55,56,57)/t52-/m1/s1. The van der Waals surface area contributed by atoms with Gasteiger partial charge in [-0.1, -0.05) is 290 Å². The Labute approximate surface area is 380 Å². The van der Waals surface area contributed by atoms with Gasteiger partial charge in [-0.3, -0.25) is 9.32 Å². The molecule has 0 amide bonds. The van der Waals surface area contributed by atoms with Crippen LogP contribution in [0.5, 0.6) is 0 Å². The Bertz CT molecular complexity index is 896. The third-order valence-corrected chi connectivity index (χ3v) is 13.1. The van der Waals surface area contributed by atoms with E-state index in [9.17, 15) is 9.36 Å². The summed E-state index contributed by atoms with van der Waals surface area (Å²) in [6.07, 6.45) is 60.1. The van der Waals surface area contributed by atoms with Crippen molar-refractivity contribution in [2.75, 3.05) is 19.8 Å². The van der Waals surface area contributed by atoms with Crippen molar-refractivity contribution >= 4 is 13.8 Å². The quantitative estimate of drug-likeness (QED) is 0.0356. The smallest absolute Gasteiger partial charge is 0.457 e. The lowest BCUT2D eigenvalue weighted by Crippen LogP contribution is -2.28. The van der Waals surface area contributed by atoms with Gasteiger partial charge in [0.2, 0.25) is 0 Å². The van der Waals surface area contributed by atoms with E-state index in [4.69, 9.17) is 19.3 Å². The Balaban J connectivity index is 3.55. The summed E-state index contributed by atoms with van der Waals surface area (Å²) < 4.78 is 27.1. The van der Waals surface area contributed by atoms with Gasteiger partial charge in [-0.25, -0.2) is 4.57 Å². The first kappa shape index (κ1) is 60.5.